The number of amides is 2. The van der Waals surface area contributed by atoms with Crippen molar-refractivity contribution >= 4 is 18.1 Å². The van der Waals surface area contributed by atoms with Crippen LogP contribution in [0.3, 0.4) is 0 Å². The first-order valence-corrected chi connectivity index (χ1v) is 8.05. The normalized spacial score (nSPS) is 11.9. The van der Waals surface area contributed by atoms with Crippen molar-refractivity contribution in [1.29, 1.82) is 0 Å². The Kier molecular flexibility index (Phi) is 12.7. The van der Waals surface area contributed by atoms with Gasteiger partial charge in [0, 0.05) is 6.42 Å². The molecule has 21 heavy (non-hydrogen) atoms. The van der Waals surface area contributed by atoms with E-state index in [9.17, 15) is 14.4 Å². The molecule has 121 valence electrons. The average molecular weight is 297 g/mol. The lowest BCUT2D eigenvalue weighted by atomic mass is 10.1. The minimum atomic E-state index is -0.909. The van der Waals surface area contributed by atoms with E-state index in [0.717, 1.165) is 19.3 Å². The van der Waals surface area contributed by atoms with Gasteiger partial charge in [-0.05, 0) is 6.42 Å². The fraction of sp³-hybridized carbons (Fsp3) is 0.812. The second kappa shape index (κ2) is 13.6. The van der Waals surface area contributed by atoms with Gasteiger partial charge in [-0.3, -0.25) is 14.4 Å². The summed E-state index contributed by atoms with van der Waals surface area (Å²) >= 11 is 0. The molecule has 0 aliphatic carbocycles. The Labute approximate surface area is 128 Å². The summed E-state index contributed by atoms with van der Waals surface area (Å²) in [5, 5.41) is 2.46. The van der Waals surface area contributed by atoms with E-state index in [-0.39, 0.29) is 12.3 Å². The van der Waals surface area contributed by atoms with Gasteiger partial charge in [0.15, 0.2) is 0 Å². The summed E-state index contributed by atoms with van der Waals surface area (Å²) in [5.74, 6) is -0.834. The van der Waals surface area contributed by atoms with Crippen LogP contribution in [0.5, 0.6) is 0 Å². The topological polar surface area (TPSA) is 89.3 Å². The van der Waals surface area contributed by atoms with E-state index < -0.39 is 11.9 Å². The smallest absolute Gasteiger partial charge is 0.223 e. The van der Waals surface area contributed by atoms with E-state index in [1.807, 2.05) is 0 Å². The Balaban J connectivity index is 3.48. The van der Waals surface area contributed by atoms with Gasteiger partial charge in [-0.15, -0.1) is 0 Å². The van der Waals surface area contributed by atoms with Crippen LogP contribution in [0.1, 0.15) is 77.6 Å². The van der Waals surface area contributed by atoms with E-state index >= 15 is 0 Å². The van der Waals surface area contributed by atoms with Crippen LogP contribution in [0, 0.1) is 0 Å². The number of nitrogens with one attached hydrogen (secondary N) is 1. The lowest BCUT2D eigenvalue weighted by Crippen LogP contribution is -2.38. The molecule has 5 nitrogen and oxygen atoms in total. The summed E-state index contributed by atoms with van der Waals surface area (Å²) in [6.07, 6.45) is 12.5. The molecule has 1 radical (unpaired) electrons. The lowest BCUT2D eigenvalue weighted by molar-refractivity contribution is -0.122. The summed E-state index contributed by atoms with van der Waals surface area (Å²) in [6.45, 7) is 2.21. The summed E-state index contributed by atoms with van der Waals surface area (Å²) in [5.41, 5.74) is 4.97. The number of rotatable bonds is 14. The minimum absolute atomic E-state index is 0.188. The first-order valence-electron chi connectivity index (χ1n) is 8.05. The highest BCUT2D eigenvalue weighted by Crippen LogP contribution is 2.10. The summed E-state index contributed by atoms with van der Waals surface area (Å²) in [6, 6.07) is -0.909. The van der Waals surface area contributed by atoms with Crippen LogP contribution >= 0.6 is 0 Å². The number of hydrogen-bond acceptors (Lipinski definition) is 3. The van der Waals surface area contributed by atoms with Gasteiger partial charge in [0.05, 0.1) is 6.42 Å². The largest absolute Gasteiger partial charge is 0.370 e. The quantitative estimate of drug-likeness (QED) is 0.482. The van der Waals surface area contributed by atoms with Crippen molar-refractivity contribution in [2.75, 3.05) is 0 Å². The standard InChI is InChI=1S/C16H29N2O3/c1-2-3-4-5-6-7-8-9-10-11-16(21)18-14(13-19)12-15(17)20/h14H,2-12H2,1H3,(H2,17,20)(H,18,21)/t14-/m1/s1. The van der Waals surface area contributed by atoms with Crippen LogP contribution in [-0.2, 0) is 14.4 Å². The lowest BCUT2D eigenvalue weighted by Gasteiger charge is -2.09. The molecule has 0 saturated heterocycles. The van der Waals surface area contributed by atoms with Crippen LogP contribution in [0.15, 0.2) is 0 Å². The van der Waals surface area contributed by atoms with E-state index in [0.29, 0.717) is 6.42 Å². The number of carbonyl (C=O) groups is 2. The molecule has 0 aromatic rings. The van der Waals surface area contributed by atoms with Gasteiger partial charge in [-0.1, -0.05) is 58.3 Å². The van der Waals surface area contributed by atoms with Gasteiger partial charge in [0.1, 0.15) is 6.04 Å². The molecule has 0 aromatic carbocycles. The van der Waals surface area contributed by atoms with Crippen molar-refractivity contribution in [3.8, 4) is 0 Å². The second-order valence-electron chi connectivity index (χ2n) is 5.49. The van der Waals surface area contributed by atoms with Gasteiger partial charge in [0.25, 0.3) is 0 Å². The van der Waals surface area contributed by atoms with Crippen molar-refractivity contribution in [3.05, 3.63) is 0 Å². The van der Waals surface area contributed by atoms with E-state index in [1.54, 1.807) is 6.29 Å². The minimum Gasteiger partial charge on any atom is -0.370 e. The zero-order valence-corrected chi connectivity index (χ0v) is 13.2. The highest BCUT2D eigenvalue weighted by atomic mass is 16.2. The van der Waals surface area contributed by atoms with Crippen LogP contribution < -0.4 is 11.1 Å². The van der Waals surface area contributed by atoms with E-state index in [2.05, 4.69) is 12.2 Å². The molecule has 0 unspecified atom stereocenters. The van der Waals surface area contributed by atoms with Crippen LogP contribution in [0.4, 0.5) is 0 Å². The van der Waals surface area contributed by atoms with Gasteiger partial charge in [-0.2, -0.15) is 0 Å². The molecule has 2 amide bonds. The molecule has 1 atom stereocenters. The Morgan fingerprint density at radius 1 is 1.00 bits per heavy atom. The molecule has 0 bridgehead atoms. The van der Waals surface area contributed by atoms with E-state index in [4.69, 9.17) is 5.73 Å². The van der Waals surface area contributed by atoms with Crippen molar-refractivity contribution in [3.63, 3.8) is 0 Å². The maximum absolute atomic E-state index is 11.6. The molecular weight excluding hydrogens is 268 g/mol. The van der Waals surface area contributed by atoms with Crippen molar-refractivity contribution in [2.24, 2.45) is 5.73 Å². The zero-order valence-electron chi connectivity index (χ0n) is 13.2. The van der Waals surface area contributed by atoms with Crippen LogP contribution in [0.25, 0.3) is 0 Å². The highest BCUT2D eigenvalue weighted by Gasteiger charge is 2.14. The molecule has 0 aromatic heterocycles. The summed E-state index contributed by atoms with van der Waals surface area (Å²) in [7, 11) is 0. The Bertz CT molecular complexity index is 306. The molecule has 3 N–H and O–H groups in total. The van der Waals surface area contributed by atoms with Crippen molar-refractivity contribution in [2.45, 2.75) is 83.6 Å². The summed E-state index contributed by atoms with van der Waals surface area (Å²) < 4.78 is 0. The number of hydrogen-bond donors (Lipinski definition) is 2. The Morgan fingerprint density at radius 2 is 1.52 bits per heavy atom. The predicted molar refractivity (Wildman–Crippen MR) is 83.3 cm³/mol. The monoisotopic (exact) mass is 297 g/mol. The molecule has 0 fully saturated rings. The zero-order chi connectivity index (χ0) is 15.9. The van der Waals surface area contributed by atoms with Gasteiger partial charge < -0.3 is 11.1 Å². The SMILES string of the molecule is CCCCCCCCCCCC(=O)N[C@@H]([C]=O)CC(N)=O. The van der Waals surface area contributed by atoms with Crippen LogP contribution in [0.2, 0.25) is 0 Å². The molecule has 0 spiro atoms. The van der Waals surface area contributed by atoms with Crippen LogP contribution in [-0.4, -0.2) is 24.1 Å². The average Bonchev–Trinajstić information content (AvgIpc) is 2.44. The predicted octanol–water partition coefficient (Wildman–Crippen LogP) is 2.38. The number of primary amides is 1. The molecule has 5 heteroatoms. The van der Waals surface area contributed by atoms with Gasteiger partial charge in [-0.25, -0.2) is 0 Å². The number of nitrogens with two attached hydrogens (primary N) is 1. The fourth-order valence-corrected chi connectivity index (χ4v) is 2.19. The number of carbonyl (C=O) groups excluding carboxylic acids is 3. The highest BCUT2D eigenvalue weighted by molar-refractivity contribution is 5.84. The Hall–Kier alpha value is -1.39. The summed E-state index contributed by atoms with van der Waals surface area (Å²) in [4.78, 5) is 32.8. The molecule has 0 aliphatic heterocycles. The second-order valence-corrected chi connectivity index (χ2v) is 5.49. The molecule has 0 heterocycles. The first kappa shape index (κ1) is 19.6. The third-order valence-electron chi connectivity index (χ3n) is 3.39. The molecule has 0 saturated carbocycles. The van der Waals surface area contributed by atoms with Gasteiger partial charge >= 0.3 is 0 Å². The third-order valence-corrected chi connectivity index (χ3v) is 3.39. The Morgan fingerprint density at radius 3 is 2.00 bits per heavy atom. The molecule has 0 aliphatic rings. The third kappa shape index (κ3) is 13.4. The first-order chi connectivity index (χ1) is 10.1. The van der Waals surface area contributed by atoms with Crippen molar-refractivity contribution in [1.82, 2.24) is 5.32 Å². The number of unbranched alkanes of at least 4 members (excludes halogenated alkanes) is 8. The maximum Gasteiger partial charge on any atom is 0.223 e. The maximum atomic E-state index is 11.6. The van der Waals surface area contributed by atoms with Crippen molar-refractivity contribution < 1.29 is 14.4 Å². The fourth-order valence-electron chi connectivity index (χ4n) is 2.19. The van der Waals surface area contributed by atoms with E-state index in [1.165, 1.54) is 38.5 Å². The molecular formula is C16H29N2O3. The van der Waals surface area contributed by atoms with Gasteiger partial charge in [0.2, 0.25) is 18.1 Å². The molecule has 0 rings (SSSR count).